The summed E-state index contributed by atoms with van der Waals surface area (Å²) in [5.74, 6) is -0.912. The molecule has 6 rings (SSSR count). The normalized spacial score (nSPS) is 16.1. The first kappa shape index (κ1) is 32.6. The van der Waals surface area contributed by atoms with Gasteiger partial charge in [-0.1, -0.05) is 19.1 Å². The smallest absolute Gasteiger partial charge is 0.416 e. The van der Waals surface area contributed by atoms with Crippen LogP contribution in [0.3, 0.4) is 0 Å². The Labute approximate surface area is 272 Å². The Hall–Kier alpha value is -5.31. The SMILES string of the molecule is CCc1c(/C=C2\CCN(C(=O)c3ncccc3O)C2)c(=O)n2nc(C3=CCOCC3)nc2n1CC(=O)Nc1ccc(C)c(C(F)(F)F)c1. The summed E-state index contributed by atoms with van der Waals surface area (Å²) in [5.41, 5.74) is 0.832. The molecule has 48 heavy (non-hydrogen) atoms. The van der Waals surface area contributed by atoms with Crippen LogP contribution in [-0.2, 0) is 28.7 Å². The molecule has 3 aromatic heterocycles. The molecular weight excluding hydrogens is 631 g/mol. The number of rotatable bonds is 7. The van der Waals surface area contributed by atoms with Gasteiger partial charge in [0.1, 0.15) is 12.3 Å². The fourth-order valence-corrected chi connectivity index (χ4v) is 5.91. The van der Waals surface area contributed by atoms with Crippen molar-refractivity contribution in [3.05, 3.63) is 92.4 Å². The molecule has 4 aromatic rings. The number of halogens is 3. The maximum atomic E-state index is 14.0. The van der Waals surface area contributed by atoms with Crippen molar-refractivity contribution in [3.63, 3.8) is 0 Å². The molecule has 0 spiro atoms. The zero-order valence-electron chi connectivity index (χ0n) is 26.2. The van der Waals surface area contributed by atoms with E-state index < -0.39 is 29.1 Å². The summed E-state index contributed by atoms with van der Waals surface area (Å²) >= 11 is 0. The Morgan fingerprint density at radius 2 is 2.00 bits per heavy atom. The highest BCUT2D eigenvalue weighted by atomic mass is 19.4. The second kappa shape index (κ2) is 13.1. The van der Waals surface area contributed by atoms with E-state index in [9.17, 15) is 32.7 Å². The number of nitrogens with zero attached hydrogens (tertiary/aromatic N) is 6. The Morgan fingerprint density at radius 3 is 2.71 bits per heavy atom. The Bertz CT molecular complexity index is 2050. The molecule has 0 saturated carbocycles. The second-order valence-electron chi connectivity index (χ2n) is 11.5. The number of likely N-dealkylation sites (tertiary alicyclic amines) is 1. The summed E-state index contributed by atoms with van der Waals surface area (Å²) in [6, 6.07) is 6.46. The molecule has 1 saturated heterocycles. The lowest BCUT2D eigenvalue weighted by Crippen LogP contribution is -2.30. The standard InChI is InChI=1S/C33H32F3N7O5/c1-3-25-23(15-20-8-12-41(17-20)31(47)28-26(44)5-4-11-37-28)30(46)43-32(39-29(40-43)21-9-13-48-14-10-21)42(25)18-27(45)38-22-7-6-19(2)24(16-22)33(34,35)36/h4-7,9,11,15-16,44H,3,8,10,12-14,17-18H2,1-2H3,(H,38,45)/b20-15+. The zero-order valence-corrected chi connectivity index (χ0v) is 26.2. The topological polar surface area (TPSA) is 144 Å². The fourth-order valence-electron chi connectivity index (χ4n) is 5.91. The lowest BCUT2D eigenvalue weighted by molar-refractivity contribution is -0.138. The van der Waals surface area contributed by atoms with Crippen LogP contribution in [0.1, 0.15) is 58.5 Å². The molecule has 2 N–H and O–H groups in total. The zero-order chi connectivity index (χ0) is 34.2. The van der Waals surface area contributed by atoms with Crippen LogP contribution in [0.5, 0.6) is 5.75 Å². The molecule has 1 aromatic carbocycles. The number of benzene rings is 1. The van der Waals surface area contributed by atoms with Crippen molar-refractivity contribution in [2.45, 2.75) is 45.8 Å². The van der Waals surface area contributed by atoms with Crippen molar-refractivity contribution < 1.29 is 32.6 Å². The lowest BCUT2D eigenvalue weighted by Gasteiger charge is -2.17. The number of aryl methyl sites for hydroxylation is 1. The molecule has 1 fully saturated rings. The van der Waals surface area contributed by atoms with Crippen LogP contribution in [0.15, 0.2) is 53.0 Å². The highest BCUT2D eigenvalue weighted by Crippen LogP contribution is 2.33. The van der Waals surface area contributed by atoms with Gasteiger partial charge in [0.15, 0.2) is 11.5 Å². The van der Waals surface area contributed by atoms with Gasteiger partial charge in [0, 0.05) is 30.7 Å². The van der Waals surface area contributed by atoms with E-state index in [1.54, 1.807) is 10.6 Å². The van der Waals surface area contributed by atoms with Gasteiger partial charge < -0.3 is 24.6 Å². The second-order valence-corrected chi connectivity index (χ2v) is 11.5. The molecule has 0 radical (unpaired) electrons. The van der Waals surface area contributed by atoms with E-state index in [1.165, 1.54) is 42.3 Å². The minimum absolute atomic E-state index is 0.0241. The van der Waals surface area contributed by atoms with E-state index in [0.717, 1.165) is 21.7 Å². The molecule has 2 aliphatic rings. The molecular formula is C33H32F3N7O5. The average Bonchev–Trinajstić information content (AvgIpc) is 3.72. The highest BCUT2D eigenvalue weighted by Gasteiger charge is 2.33. The predicted octanol–water partition coefficient (Wildman–Crippen LogP) is 4.25. The monoisotopic (exact) mass is 663 g/mol. The molecule has 5 heterocycles. The highest BCUT2D eigenvalue weighted by molar-refractivity contribution is 5.95. The number of carbonyl (C=O) groups excluding carboxylic acids is 2. The largest absolute Gasteiger partial charge is 0.505 e. The van der Waals surface area contributed by atoms with Gasteiger partial charge in [0.25, 0.3) is 11.5 Å². The summed E-state index contributed by atoms with van der Waals surface area (Å²) in [7, 11) is 0. The number of hydrogen-bond donors (Lipinski definition) is 2. The molecule has 0 bridgehead atoms. The minimum atomic E-state index is -4.59. The van der Waals surface area contributed by atoms with Crippen LogP contribution in [0.25, 0.3) is 17.4 Å². The quantitative estimate of drug-likeness (QED) is 0.299. The lowest BCUT2D eigenvalue weighted by atomic mass is 10.1. The van der Waals surface area contributed by atoms with Gasteiger partial charge in [0.2, 0.25) is 11.7 Å². The van der Waals surface area contributed by atoms with Gasteiger partial charge in [-0.2, -0.15) is 22.7 Å². The first-order chi connectivity index (χ1) is 22.9. The fraction of sp³-hybridized carbons (Fsp3) is 0.333. The summed E-state index contributed by atoms with van der Waals surface area (Å²) < 4.78 is 48.7. The first-order valence-electron chi connectivity index (χ1n) is 15.3. The molecule has 0 aliphatic carbocycles. The van der Waals surface area contributed by atoms with Crippen molar-refractivity contribution in [3.8, 4) is 5.75 Å². The van der Waals surface area contributed by atoms with Crippen LogP contribution < -0.4 is 10.9 Å². The number of carbonyl (C=O) groups is 2. The summed E-state index contributed by atoms with van der Waals surface area (Å²) in [6.45, 7) is 4.10. The first-order valence-corrected chi connectivity index (χ1v) is 15.3. The molecule has 15 heteroatoms. The van der Waals surface area contributed by atoms with E-state index in [2.05, 4.69) is 20.4 Å². The minimum Gasteiger partial charge on any atom is -0.505 e. The number of hydrogen-bond acceptors (Lipinski definition) is 8. The van der Waals surface area contributed by atoms with E-state index in [-0.39, 0.29) is 47.1 Å². The van der Waals surface area contributed by atoms with Crippen LogP contribution in [0.4, 0.5) is 18.9 Å². The van der Waals surface area contributed by atoms with Gasteiger partial charge in [-0.15, -0.1) is 5.10 Å². The van der Waals surface area contributed by atoms with Crippen LogP contribution in [0.2, 0.25) is 0 Å². The Morgan fingerprint density at radius 1 is 1.19 bits per heavy atom. The van der Waals surface area contributed by atoms with Gasteiger partial charge in [-0.05, 0) is 73.2 Å². The molecule has 250 valence electrons. The number of fused-ring (bicyclic) bond motifs is 1. The maximum absolute atomic E-state index is 14.0. The number of nitrogens with one attached hydrogen (secondary N) is 1. The number of alkyl halides is 3. The third-order valence-corrected chi connectivity index (χ3v) is 8.33. The van der Waals surface area contributed by atoms with Crippen LogP contribution in [-0.4, -0.2) is 72.3 Å². The molecule has 2 amide bonds. The van der Waals surface area contributed by atoms with Crippen molar-refractivity contribution in [1.82, 2.24) is 29.0 Å². The molecule has 0 atom stereocenters. The van der Waals surface area contributed by atoms with Crippen molar-refractivity contribution in [2.24, 2.45) is 0 Å². The van der Waals surface area contributed by atoms with Gasteiger partial charge >= 0.3 is 6.18 Å². The number of ether oxygens (including phenoxy) is 1. The van der Waals surface area contributed by atoms with Crippen molar-refractivity contribution in [2.75, 3.05) is 31.6 Å². The number of aromatic nitrogens is 5. The molecule has 2 aliphatic heterocycles. The maximum Gasteiger partial charge on any atom is 0.416 e. The van der Waals surface area contributed by atoms with E-state index in [0.29, 0.717) is 50.5 Å². The Kier molecular flexibility index (Phi) is 8.88. The van der Waals surface area contributed by atoms with Crippen LogP contribution in [0, 0.1) is 6.92 Å². The molecule has 0 unspecified atom stereocenters. The summed E-state index contributed by atoms with van der Waals surface area (Å²) in [4.78, 5) is 50.6. The number of pyridine rings is 1. The molecule has 12 nitrogen and oxygen atoms in total. The Balaban J connectivity index is 1.39. The van der Waals surface area contributed by atoms with Gasteiger partial charge in [0.05, 0.1) is 24.3 Å². The van der Waals surface area contributed by atoms with Gasteiger partial charge in [-0.3, -0.25) is 14.4 Å². The van der Waals surface area contributed by atoms with E-state index in [4.69, 9.17) is 4.74 Å². The van der Waals surface area contributed by atoms with Crippen molar-refractivity contribution >= 4 is 34.9 Å². The number of aromatic hydroxyl groups is 1. The predicted molar refractivity (Wildman–Crippen MR) is 169 cm³/mol. The third-order valence-electron chi connectivity index (χ3n) is 8.33. The number of anilines is 1. The van der Waals surface area contributed by atoms with Crippen LogP contribution >= 0.6 is 0 Å². The van der Waals surface area contributed by atoms with Crippen molar-refractivity contribution in [1.29, 1.82) is 0 Å². The summed E-state index contributed by atoms with van der Waals surface area (Å²) in [6.07, 6.45) is 1.59. The van der Waals surface area contributed by atoms with E-state index >= 15 is 0 Å². The van der Waals surface area contributed by atoms with Gasteiger partial charge in [-0.25, -0.2) is 4.98 Å². The van der Waals surface area contributed by atoms with E-state index in [1.807, 2.05) is 13.0 Å². The summed E-state index contributed by atoms with van der Waals surface area (Å²) in [5, 5.41) is 17.2. The average molecular weight is 664 g/mol. The number of amides is 2. The third kappa shape index (κ3) is 6.45.